The molecule has 1 unspecified atom stereocenters. The van der Waals surface area contributed by atoms with Crippen LogP contribution < -0.4 is 19.9 Å². The first-order valence-corrected chi connectivity index (χ1v) is 11.2. The van der Waals surface area contributed by atoms with Crippen LogP contribution in [0.15, 0.2) is 53.4 Å². The highest BCUT2D eigenvalue weighted by Gasteiger charge is 2.27. The summed E-state index contributed by atoms with van der Waals surface area (Å²) in [6.07, 6.45) is 0.945. The summed E-state index contributed by atoms with van der Waals surface area (Å²) in [4.78, 5) is 29.7. The summed E-state index contributed by atoms with van der Waals surface area (Å²) >= 11 is 1.82. The number of hydrogen-bond donors (Lipinski definition) is 2. The Labute approximate surface area is 182 Å². The summed E-state index contributed by atoms with van der Waals surface area (Å²) in [5.74, 6) is 0.538. The Bertz CT molecular complexity index is 890. The number of methoxy groups -OCH3 is 1. The molecular weight excluding hydrogens is 398 g/mol. The van der Waals surface area contributed by atoms with E-state index >= 15 is 0 Å². The largest absolute Gasteiger partial charge is 0.495 e. The molecule has 160 valence electrons. The Morgan fingerprint density at radius 1 is 1.17 bits per heavy atom. The third-order valence-electron chi connectivity index (χ3n) is 5.24. The average molecular weight is 429 g/mol. The summed E-state index contributed by atoms with van der Waals surface area (Å²) in [7, 11) is 1.57. The Hall–Kier alpha value is -2.51. The Kier molecular flexibility index (Phi) is 7.76. The van der Waals surface area contributed by atoms with Gasteiger partial charge in [0, 0.05) is 16.7 Å². The van der Waals surface area contributed by atoms with E-state index in [1.54, 1.807) is 19.2 Å². The van der Waals surface area contributed by atoms with E-state index in [0.29, 0.717) is 29.8 Å². The van der Waals surface area contributed by atoms with Gasteiger partial charge < -0.3 is 19.9 Å². The summed E-state index contributed by atoms with van der Waals surface area (Å²) in [5, 5.41) is 3.36. The van der Waals surface area contributed by atoms with Crippen molar-refractivity contribution < 1.29 is 19.2 Å². The molecular formula is C23H30N3O3S+. The average Bonchev–Trinajstić information content (AvgIpc) is 2.91. The van der Waals surface area contributed by atoms with Crippen molar-refractivity contribution in [1.29, 1.82) is 0 Å². The van der Waals surface area contributed by atoms with E-state index < -0.39 is 0 Å². The number of amides is 2. The van der Waals surface area contributed by atoms with Gasteiger partial charge in [-0.15, -0.1) is 11.8 Å². The molecule has 2 atom stereocenters. The van der Waals surface area contributed by atoms with Crippen LogP contribution in [-0.2, 0) is 9.59 Å². The number of ether oxygens (including phenoxy) is 1. The van der Waals surface area contributed by atoms with Crippen molar-refractivity contribution in [3.63, 3.8) is 0 Å². The van der Waals surface area contributed by atoms with Gasteiger partial charge in [-0.05, 0) is 37.6 Å². The lowest BCUT2D eigenvalue weighted by atomic mass is 10.2. The van der Waals surface area contributed by atoms with E-state index in [2.05, 4.69) is 18.3 Å². The second kappa shape index (κ2) is 10.5. The van der Waals surface area contributed by atoms with Crippen molar-refractivity contribution in [2.45, 2.75) is 30.4 Å². The maximum Gasteiger partial charge on any atom is 0.282 e. The fraction of sp³-hybridized carbons (Fsp3) is 0.391. The van der Waals surface area contributed by atoms with Gasteiger partial charge in [0.25, 0.3) is 11.8 Å². The molecule has 1 heterocycles. The van der Waals surface area contributed by atoms with Gasteiger partial charge in [0.15, 0.2) is 13.1 Å². The third kappa shape index (κ3) is 5.55. The Balaban J connectivity index is 1.65. The number of nitrogens with one attached hydrogen (secondary N) is 2. The summed E-state index contributed by atoms with van der Waals surface area (Å²) in [6, 6.07) is 15.4. The number of anilines is 2. The molecule has 0 saturated carbocycles. The SMILES string of the molecule is CC[NH+](CC(=O)Nc1ccccc1OC)CC(=O)N1CC[C@@H](C)Sc2ccccc21. The van der Waals surface area contributed by atoms with E-state index in [-0.39, 0.29) is 24.9 Å². The zero-order valence-electron chi connectivity index (χ0n) is 17.8. The van der Waals surface area contributed by atoms with Crippen LogP contribution in [0.5, 0.6) is 5.75 Å². The fourth-order valence-electron chi connectivity index (χ4n) is 3.54. The monoisotopic (exact) mass is 428 g/mol. The first kappa shape index (κ1) is 22.2. The molecule has 2 N–H and O–H groups in total. The summed E-state index contributed by atoms with van der Waals surface area (Å²) in [5.41, 5.74) is 1.62. The quantitative estimate of drug-likeness (QED) is 0.711. The zero-order valence-corrected chi connectivity index (χ0v) is 18.6. The number of carbonyl (C=O) groups excluding carboxylic acids is 2. The molecule has 6 nitrogen and oxygen atoms in total. The first-order valence-electron chi connectivity index (χ1n) is 10.3. The minimum absolute atomic E-state index is 0.0547. The number of fused-ring (bicyclic) bond motifs is 1. The highest BCUT2D eigenvalue weighted by atomic mass is 32.2. The van der Waals surface area contributed by atoms with Gasteiger partial charge >= 0.3 is 0 Å². The third-order valence-corrected chi connectivity index (χ3v) is 6.47. The van der Waals surface area contributed by atoms with Gasteiger partial charge in [0.2, 0.25) is 0 Å². The minimum atomic E-state index is -0.135. The number of carbonyl (C=O) groups is 2. The molecule has 2 aromatic carbocycles. The van der Waals surface area contributed by atoms with Crippen molar-refractivity contribution in [1.82, 2.24) is 0 Å². The molecule has 0 saturated heterocycles. The van der Waals surface area contributed by atoms with Crippen LogP contribution in [-0.4, -0.2) is 50.4 Å². The van der Waals surface area contributed by atoms with Crippen LogP contribution in [0.3, 0.4) is 0 Å². The van der Waals surface area contributed by atoms with Crippen molar-refractivity contribution in [3.8, 4) is 5.75 Å². The molecule has 0 aliphatic carbocycles. The predicted molar refractivity (Wildman–Crippen MR) is 122 cm³/mol. The molecule has 2 aromatic rings. The maximum atomic E-state index is 13.2. The molecule has 30 heavy (non-hydrogen) atoms. The smallest absolute Gasteiger partial charge is 0.282 e. The van der Waals surface area contributed by atoms with Crippen LogP contribution in [0, 0.1) is 0 Å². The van der Waals surface area contributed by atoms with E-state index in [1.807, 2.05) is 53.9 Å². The van der Waals surface area contributed by atoms with Crippen molar-refractivity contribution >= 4 is 35.0 Å². The molecule has 0 bridgehead atoms. The summed E-state index contributed by atoms with van der Waals surface area (Å²) in [6.45, 7) is 6.08. The van der Waals surface area contributed by atoms with E-state index in [1.165, 1.54) is 0 Å². The lowest BCUT2D eigenvalue weighted by Crippen LogP contribution is -3.14. The lowest BCUT2D eigenvalue weighted by molar-refractivity contribution is -0.881. The van der Waals surface area contributed by atoms with Crippen LogP contribution in [0.25, 0.3) is 0 Å². The molecule has 3 rings (SSSR count). The molecule has 0 radical (unpaired) electrons. The van der Waals surface area contributed by atoms with Crippen LogP contribution >= 0.6 is 11.8 Å². The molecule has 7 heteroatoms. The number of nitrogens with zero attached hydrogens (tertiary/aromatic N) is 1. The topological polar surface area (TPSA) is 63.1 Å². The standard InChI is InChI=1S/C23H29N3O3S/c1-4-25(15-22(27)24-18-9-5-7-11-20(18)29-3)16-23(28)26-14-13-17(2)30-21-12-8-6-10-19(21)26/h5-12,17H,4,13-16H2,1-3H3,(H,24,27)/p+1/t17-/m1/s1. The Morgan fingerprint density at radius 3 is 2.67 bits per heavy atom. The normalized spacial score (nSPS) is 16.9. The van der Waals surface area contributed by atoms with Gasteiger partial charge in [-0.1, -0.05) is 31.2 Å². The maximum absolute atomic E-state index is 13.2. The van der Waals surface area contributed by atoms with E-state index in [4.69, 9.17) is 4.74 Å². The van der Waals surface area contributed by atoms with E-state index in [9.17, 15) is 9.59 Å². The van der Waals surface area contributed by atoms with Crippen molar-refractivity contribution in [3.05, 3.63) is 48.5 Å². The number of hydrogen-bond acceptors (Lipinski definition) is 4. The second-order valence-electron chi connectivity index (χ2n) is 7.44. The fourth-order valence-corrected chi connectivity index (χ4v) is 4.65. The number of likely N-dealkylation sites (N-methyl/N-ethyl adjacent to an activating group) is 1. The lowest BCUT2D eigenvalue weighted by Gasteiger charge is -2.25. The van der Waals surface area contributed by atoms with Crippen molar-refractivity contribution in [2.75, 3.05) is 43.5 Å². The van der Waals surface area contributed by atoms with Gasteiger partial charge in [0.05, 0.1) is 25.0 Å². The van der Waals surface area contributed by atoms with Crippen molar-refractivity contribution in [2.24, 2.45) is 0 Å². The highest BCUT2D eigenvalue weighted by Crippen LogP contribution is 2.37. The number of rotatable bonds is 7. The number of para-hydroxylation sites is 3. The second-order valence-corrected chi connectivity index (χ2v) is 8.92. The number of thioether (sulfide) groups is 1. The van der Waals surface area contributed by atoms with Gasteiger partial charge in [0.1, 0.15) is 5.75 Å². The number of benzene rings is 2. The van der Waals surface area contributed by atoms with Gasteiger partial charge in [-0.2, -0.15) is 0 Å². The molecule has 0 fully saturated rings. The summed E-state index contributed by atoms with van der Waals surface area (Å²) < 4.78 is 5.29. The molecule has 2 amide bonds. The predicted octanol–water partition coefficient (Wildman–Crippen LogP) is 2.46. The minimum Gasteiger partial charge on any atom is -0.495 e. The Morgan fingerprint density at radius 2 is 1.90 bits per heavy atom. The van der Waals surface area contributed by atoms with Crippen LogP contribution in [0.1, 0.15) is 20.3 Å². The highest BCUT2D eigenvalue weighted by molar-refractivity contribution is 8.00. The number of quaternary nitrogens is 1. The van der Waals surface area contributed by atoms with Crippen LogP contribution in [0.2, 0.25) is 0 Å². The zero-order chi connectivity index (χ0) is 21.5. The van der Waals surface area contributed by atoms with Gasteiger partial charge in [-0.25, -0.2) is 0 Å². The first-order chi connectivity index (χ1) is 14.5. The molecule has 0 aromatic heterocycles. The molecule has 0 spiro atoms. The molecule has 1 aliphatic heterocycles. The van der Waals surface area contributed by atoms with Gasteiger partial charge in [-0.3, -0.25) is 9.59 Å². The molecule has 1 aliphatic rings. The van der Waals surface area contributed by atoms with Crippen LogP contribution in [0.4, 0.5) is 11.4 Å². The van der Waals surface area contributed by atoms with E-state index in [0.717, 1.165) is 21.9 Å².